The Morgan fingerprint density at radius 1 is 1.05 bits per heavy atom. The summed E-state index contributed by atoms with van der Waals surface area (Å²) in [6.07, 6.45) is 2.08. The second-order valence-corrected chi connectivity index (χ2v) is 11.7. The molecule has 8 nitrogen and oxygen atoms in total. The molecule has 0 spiro atoms. The predicted molar refractivity (Wildman–Crippen MR) is 149 cm³/mol. The Morgan fingerprint density at radius 2 is 1.73 bits per heavy atom. The topological polar surface area (TPSA) is 96.0 Å². The van der Waals surface area contributed by atoms with Crippen molar-refractivity contribution in [2.24, 2.45) is 5.92 Å². The van der Waals surface area contributed by atoms with Gasteiger partial charge in [0.05, 0.1) is 24.1 Å². The smallest absolute Gasteiger partial charge is 0.242 e. The molecule has 10 heteroatoms. The fourth-order valence-electron chi connectivity index (χ4n) is 3.84. The first-order valence-electron chi connectivity index (χ1n) is 12.4. The summed E-state index contributed by atoms with van der Waals surface area (Å²) in [5, 5.41) is 3.19. The van der Waals surface area contributed by atoms with Crippen LogP contribution >= 0.6 is 11.6 Å². The van der Waals surface area contributed by atoms with Gasteiger partial charge in [0, 0.05) is 26.1 Å². The van der Waals surface area contributed by atoms with Crippen LogP contribution < -0.4 is 14.4 Å². The molecule has 1 atom stereocenters. The lowest BCUT2D eigenvalue weighted by molar-refractivity contribution is -0.140. The minimum Gasteiger partial charge on any atom is -0.495 e. The number of halogens is 1. The standard InChI is InChI=1S/C27H38ClN3O5S/c1-20(2)19-29-27(33)21(3)30(17-15-22-10-7-6-8-11-22)26(32)12-9-16-31(37(5,34)35)23-13-14-25(36-4)24(28)18-23/h6-8,10-11,13-14,18,20-21H,9,12,15-17,19H2,1-5H3,(H,29,33)/t21-/m1/s1. The summed E-state index contributed by atoms with van der Waals surface area (Å²) >= 11 is 6.20. The summed E-state index contributed by atoms with van der Waals surface area (Å²) in [5.41, 5.74) is 1.46. The SMILES string of the molecule is COc1ccc(N(CCCC(=O)N(CCc2ccccc2)[C@H](C)C(=O)NCC(C)C)S(C)(=O)=O)cc1Cl. The van der Waals surface area contributed by atoms with E-state index in [1.54, 1.807) is 24.0 Å². The molecule has 0 heterocycles. The van der Waals surface area contributed by atoms with Gasteiger partial charge < -0.3 is 15.0 Å². The highest BCUT2D eigenvalue weighted by Crippen LogP contribution is 2.30. The Morgan fingerprint density at radius 3 is 2.30 bits per heavy atom. The monoisotopic (exact) mass is 551 g/mol. The number of carbonyl (C=O) groups excluding carboxylic acids is 2. The fourth-order valence-corrected chi connectivity index (χ4v) is 5.05. The molecule has 204 valence electrons. The van der Waals surface area contributed by atoms with Crippen LogP contribution in [0.15, 0.2) is 48.5 Å². The Bertz CT molecular complexity index is 1140. The van der Waals surface area contributed by atoms with E-state index in [0.29, 0.717) is 30.9 Å². The molecule has 0 saturated carbocycles. The largest absolute Gasteiger partial charge is 0.495 e. The van der Waals surface area contributed by atoms with Crippen molar-refractivity contribution < 1.29 is 22.7 Å². The van der Waals surface area contributed by atoms with E-state index in [1.807, 2.05) is 44.2 Å². The third kappa shape index (κ3) is 9.55. The van der Waals surface area contributed by atoms with Crippen molar-refractivity contribution in [3.63, 3.8) is 0 Å². The van der Waals surface area contributed by atoms with Crippen LogP contribution in [0.5, 0.6) is 5.75 Å². The Kier molecular flexibility index (Phi) is 11.7. The van der Waals surface area contributed by atoms with Gasteiger partial charge in [-0.2, -0.15) is 0 Å². The van der Waals surface area contributed by atoms with Crippen LogP contribution in [0.1, 0.15) is 39.2 Å². The maximum Gasteiger partial charge on any atom is 0.242 e. The molecule has 0 aromatic heterocycles. The zero-order chi connectivity index (χ0) is 27.6. The van der Waals surface area contributed by atoms with Crippen molar-refractivity contribution in [1.82, 2.24) is 10.2 Å². The maximum atomic E-state index is 13.3. The minimum atomic E-state index is -3.62. The van der Waals surface area contributed by atoms with E-state index < -0.39 is 16.1 Å². The molecular formula is C27H38ClN3O5S. The maximum absolute atomic E-state index is 13.3. The van der Waals surface area contributed by atoms with E-state index >= 15 is 0 Å². The van der Waals surface area contributed by atoms with Gasteiger partial charge in [0.2, 0.25) is 21.8 Å². The van der Waals surface area contributed by atoms with Gasteiger partial charge in [-0.15, -0.1) is 0 Å². The first-order chi connectivity index (χ1) is 17.4. The molecule has 0 aliphatic heterocycles. The summed E-state index contributed by atoms with van der Waals surface area (Å²) in [7, 11) is -2.14. The summed E-state index contributed by atoms with van der Waals surface area (Å²) in [4.78, 5) is 27.6. The summed E-state index contributed by atoms with van der Waals surface area (Å²) in [5.74, 6) is 0.316. The number of hydrogen-bond donors (Lipinski definition) is 1. The summed E-state index contributed by atoms with van der Waals surface area (Å²) in [6, 6.07) is 13.9. The number of nitrogens with one attached hydrogen (secondary N) is 1. The van der Waals surface area contributed by atoms with Gasteiger partial charge in [0.15, 0.2) is 0 Å². The number of benzene rings is 2. The van der Waals surface area contributed by atoms with Crippen LogP contribution in [-0.4, -0.2) is 64.2 Å². The molecule has 1 N–H and O–H groups in total. The third-order valence-corrected chi connectivity index (χ3v) is 7.40. The van der Waals surface area contributed by atoms with Crippen LogP contribution in [0.2, 0.25) is 5.02 Å². The molecule has 37 heavy (non-hydrogen) atoms. The average Bonchev–Trinajstić information content (AvgIpc) is 2.84. The van der Waals surface area contributed by atoms with Crippen molar-refractivity contribution in [2.75, 3.05) is 37.3 Å². The first kappa shape index (κ1) is 30.4. The van der Waals surface area contributed by atoms with E-state index in [2.05, 4.69) is 5.32 Å². The molecule has 0 saturated heterocycles. The van der Waals surface area contributed by atoms with Gasteiger partial charge in [-0.3, -0.25) is 13.9 Å². The van der Waals surface area contributed by atoms with Crippen molar-refractivity contribution in [3.05, 3.63) is 59.1 Å². The van der Waals surface area contributed by atoms with E-state index in [4.69, 9.17) is 16.3 Å². The van der Waals surface area contributed by atoms with Crippen molar-refractivity contribution in [1.29, 1.82) is 0 Å². The molecule has 2 amide bonds. The minimum absolute atomic E-state index is 0.0898. The molecule has 2 aromatic carbocycles. The zero-order valence-corrected chi connectivity index (χ0v) is 23.8. The number of methoxy groups -OCH3 is 1. The zero-order valence-electron chi connectivity index (χ0n) is 22.2. The lowest BCUT2D eigenvalue weighted by Crippen LogP contribution is -2.49. The lowest BCUT2D eigenvalue weighted by Gasteiger charge is -2.29. The van der Waals surface area contributed by atoms with Crippen LogP contribution in [0, 0.1) is 5.92 Å². The average molecular weight is 552 g/mol. The number of nitrogens with zero attached hydrogens (tertiary/aromatic N) is 2. The third-order valence-electron chi connectivity index (χ3n) is 5.91. The second-order valence-electron chi connectivity index (χ2n) is 9.40. The van der Waals surface area contributed by atoms with Crippen molar-refractivity contribution in [3.8, 4) is 5.75 Å². The van der Waals surface area contributed by atoms with Crippen LogP contribution in [0.25, 0.3) is 0 Å². The van der Waals surface area contributed by atoms with Crippen LogP contribution in [0.3, 0.4) is 0 Å². The molecule has 0 aliphatic carbocycles. The highest BCUT2D eigenvalue weighted by molar-refractivity contribution is 7.92. The number of rotatable bonds is 14. The van der Waals surface area contributed by atoms with Crippen LogP contribution in [-0.2, 0) is 26.0 Å². The van der Waals surface area contributed by atoms with Crippen molar-refractivity contribution >= 4 is 39.1 Å². The lowest BCUT2D eigenvalue weighted by atomic mass is 10.1. The number of sulfonamides is 1. The molecule has 0 fully saturated rings. The van der Waals surface area contributed by atoms with E-state index in [9.17, 15) is 18.0 Å². The summed E-state index contributed by atoms with van der Waals surface area (Å²) < 4.78 is 31.4. The number of amides is 2. The molecule has 0 bridgehead atoms. The fraction of sp³-hybridized carbons (Fsp3) is 0.481. The Balaban J connectivity index is 2.12. The quantitative estimate of drug-likeness (QED) is 0.381. The van der Waals surface area contributed by atoms with E-state index in [1.165, 1.54) is 17.5 Å². The molecule has 2 rings (SSSR count). The first-order valence-corrected chi connectivity index (χ1v) is 14.6. The number of hydrogen-bond acceptors (Lipinski definition) is 5. The van der Waals surface area contributed by atoms with Crippen molar-refractivity contribution in [2.45, 2.75) is 46.1 Å². The van der Waals surface area contributed by atoms with Gasteiger partial charge in [-0.25, -0.2) is 8.42 Å². The van der Waals surface area contributed by atoms with Crippen LogP contribution in [0.4, 0.5) is 5.69 Å². The molecule has 2 aromatic rings. The summed E-state index contributed by atoms with van der Waals surface area (Å²) in [6.45, 7) is 6.73. The molecular weight excluding hydrogens is 514 g/mol. The van der Waals surface area contributed by atoms with Gasteiger partial charge >= 0.3 is 0 Å². The van der Waals surface area contributed by atoms with Gasteiger partial charge in [-0.1, -0.05) is 55.8 Å². The Hall–Kier alpha value is -2.78. The number of ether oxygens (including phenoxy) is 1. The van der Waals surface area contributed by atoms with E-state index in [-0.39, 0.29) is 42.1 Å². The predicted octanol–water partition coefficient (Wildman–Crippen LogP) is 4.13. The molecule has 0 aliphatic rings. The highest BCUT2D eigenvalue weighted by Gasteiger charge is 2.26. The number of anilines is 1. The normalized spacial score (nSPS) is 12.2. The van der Waals surface area contributed by atoms with Gasteiger partial charge in [0.25, 0.3) is 0 Å². The van der Waals surface area contributed by atoms with Gasteiger partial charge in [0.1, 0.15) is 11.8 Å². The van der Waals surface area contributed by atoms with E-state index in [0.717, 1.165) is 11.8 Å². The van der Waals surface area contributed by atoms with Gasteiger partial charge in [-0.05, 0) is 49.4 Å². The number of carbonyl (C=O) groups is 2. The second kappa shape index (κ2) is 14.2. The molecule has 0 unspecified atom stereocenters. The molecule has 0 radical (unpaired) electrons. The highest BCUT2D eigenvalue weighted by atomic mass is 35.5. The Labute approximate surface area is 226 Å².